The zero-order valence-electron chi connectivity index (χ0n) is 15.7. The van der Waals surface area contributed by atoms with Gasteiger partial charge in [0.2, 0.25) is 6.79 Å². The summed E-state index contributed by atoms with van der Waals surface area (Å²) in [5.41, 5.74) is 5.88. The predicted molar refractivity (Wildman–Crippen MR) is 118 cm³/mol. The van der Waals surface area contributed by atoms with E-state index in [1.165, 1.54) is 37.7 Å². The average Bonchev–Trinajstić information content (AvgIpc) is 3.05. The lowest BCUT2D eigenvalue weighted by Gasteiger charge is -2.12. The van der Waals surface area contributed by atoms with E-state index in [1.807, 2.05) is 18.2 Å². The van der Waals surface area contributed by atoms with Crippen molar-refractivity contribution < 1.29 is 13.7 Å². The van der Waals surface area contributed by atoms with Gasteiger partial charge >= 0.3 is 0 Å². The van der Waals surface area contributed by atoms with Crippen molar-refractivity contribution in [2.75, 3.05) is 12.5 Å². The van der Waals surface area contributed by atoms with Crippen LogP contribution in [-0.2, 0) is 17.2 Å². The first-order valence-corrected chi connectivity index (χ1v) is 11.4. The van der Waals surface area contributed by atoms with E-state index in [0.29, 0.717) is 6.79 Å². The second-order valence-corrected chi connectivity index (χ2v) is 9.59. The van der Waals surface area contributed by atoms with Gasteiger partial charge in [0.1, 0.15) is 4.32 Å². The van der Waals surface area contributed by atoms with Crippen molar-refractivity contribution in [2.24, 2.45) is 5.73 Å². The Morgan fingerprint density at radius 3 is 2.54 bits per heavy atom. The zero-order valence-corrected chi connectivity index (χ0v) is 18.3. The van der Waals surface area contributed by atoms with Crippen LogP contribution in [0.4, 0.5) is 0 Å². The Morgan fingerprint density at radius 1 is 1.23 bits per heavy atom. The summed E-state index contributed by atoms with van der Waals surface area (Å²) in [5, 5.41) is 0.191. The Balaban J connectivity index is 0.000000765. The lowest BCUT2D eigenvalue weighted by Crippen LogP contribution is -2.16. The Hall–Kier alpha value is -0.790. The highest BCUT2D eigenvalue weighted by atomic mass is 32.2. The molecule has 1 aliphatic rings. The molecule has 148 valence electrons. The maximum Gasteiger partial charge on any atom is 0.231 e. The molecule has 0 aliphatic carbocycles. The quantitative estimate of drug-likeness (QED) is 0.330. The predicted octanol–water partition coefficient (Wildman–Crippen LogP) is 4.62. The molecule has 1 aromatic carbocycles. The van der Waals surface area contributed by atoms with Gasteiger partial charge < -0.3 is 15.2 Å². The molecule has 0 saturated heterocycles. The van der Waals surface area contributed by atoms with Crippen molar-refractivity contribution in [3.05, 3.63) is 23.8 Å². The van der Waals surface area contributed by atoms with E-state index in [4.69, 9.17) is 15.2 Å². The second-order valence-electron chi connectivity index (χ2n) is 6.39. The third-order valence-corrected chi connectivity index (χ3v) is 5.86. The van der Waals surface area contributed by atoms with Gasteiger partial charge in [0.15, 0.2) is 11.5 Å². The molecule has 0 radical (unpaired) electrons. The van der Waals surface area contributed by atoms with Crippen LogP contribution in [0.1, 0.15) is 57.9 Å². The number of nitrogens with two attached hydrogens (primary N) is 1. The number of ether oxygens (including phenoxy) is 2. The largest absolute Gasteiger partial charge is 0.454 e. The Labute approximate surface area is 171 Å². The summed E-state index contributed by atoms with van der Waals surface area (Å²) in [4.78, 5) is 0. The fraction of sp³-hybridized carbons (Fsp3) is 0.632. The zero-order chi connectivity index (χ0) is 19.4. The van der Waals surface area contributed by atoms with Crippen LogP contribution in [0.15, 0.2) is 18.2 Å². The summed E-state index contributed by atoms with van der Waals surface area (Å²) in [7, 11) is -0.743. The molecule has 4 nitrogen and oxygen atoms in total. The molecule has 1 aromatic rings. The number of benzene rings is 1. The normalized spacial score (nSPS) is 14.3. The molecule has 2 rings (SSSR count). The summed E-state index contributed by atoms with van der Waals surface area (Å²) >= 11 is 7.65. The van der Waals surface area contributed by atoms with Gasteiger partial charge in [-0.1, -0.05) is 64.2 Å². The number of fused-ring (bicyclic) bond motifs is 1. The van der Waals surface area contributed by atoms with Gasteiger partial charge in [-0.25, -0.2) is 0 Å². The summed E-state index contributed by atoms with van der Waals surface area (Å²) < 4.78 is 23.2. The molecule has 0 spiro atoms. The van der Waals surface area contributed by atoms with Crippen LogP contribution in [0, 0.1) is 0 Å². The molecule has 1 aliphatic heterocycles. The summed E-state index contributed by atoms with van der Waals surface area (Å²) in [6.45, 7) is 4.61. The third-order valence-electron chi connectivity index (χ3n) is 4.11. The minimum atomic E-state index is -0.743. The molecule has 0 bridgehead atoms. The van der Waals surface area contributed by atoms with Gasteiger partial charge in [-0.2, -0.15) is 0 Å². The van der Waals surface area contributed by atoms with Crippen molar-refractivity contribution in [3.8, 4) is 11.5 Å². The number of rotatable bonds is 10. The van der Waals surface area contributed by atoms with Gasteiger partial charge in [0, 0.05) is 21.8 Å². The highest BCUT2D eigenvalue weighted by Crippen LogP contribution is 2.33. The van der Waals surface area contributed by atoms with Crippen molar-refractivity contribution in [3.63, 3.8) is 0 Å². The molecular formula is C19H31NO3S3. The average molecular weight is 418 g/mol. The van der Waals surface area contributed by atoms with Gasteiger partial charge in [0.25, 0.3) is 0 Å². The van der Waals surface area contributed by atoms with E-state index in [0.717, 1.165) is 30.1 Å². The Morgan fingerprint density at radius 2 is 1.85 bits per heavy atom. The smallest absolute Gasteiger partial charge is 0.231 e. The number of thiocarbonyl (C=S) groups is 1. The molecule has 7 heteroatoms. The van der Waals surface area contributed by atoms with E-state index in [-0.39, 0.29) is 9.57 Å². The van der Waals surface area contributed by atoms with Crippen LogP contribution in [0.2, 0.25) is 0 Å². The van der Waals surface area contributed by atoms with E-state index >= 15 is 0 Å². The van der Waals surface area contributed by atoms with Crippen LogP contribution >= 0.6 is 24.8 Å². The highest BCUT2D eigenvalue weighted by Gasteiger charge is 2.16. The monoisotopic (exact) mass is 417 g/mol. The maximum absolute atomic E-state index is 12.3. The minimum Gasteiger partial charge on any atom is -0.454 e. The molecule has 26 heavy (non-hydrogen) atoms. The fourth-order valence-corrected chi connectivity index (χ4v) is 3.99. The van der Waals surface area contributed by atoms with E-state index in [2.05, 4.69) is 38.7 Å². The number of thiol groups is 1. The third kappa shape index (κ3) is 9.78. The molecule has 0 fully saturated rings. The van der Waals surface area contributed by atoms with Crippen molar-refractivity contribution in [2.45, 2.75) is 64.0 Å². The lowest BCUT2D eigenvalue weighted by atomic mass is 10.1. The van der Waals surface area contributed by atoms with Crippen molar-refractivity contribution >= 4 is 40.0 Å². The van der Waals surface area contributed by atoms with Crippen LogP contribution in [0.5, 0.6) is 11.5 Å². The SMILES string of the molecule is CCCCCCCCS(=O)C(C)Cc1ccc2c(c1)OCO2.NC(=S)S. The highest BCUT2D eigenvalue weighted by molar-refractivity contribution is 8.10. The second kappa shape index (κ2) is 13.4. The summed E-state index contributed by atoms with van der Waals surface area (Å²) in [6.07, 6.45) is 8.32. The van der Waals surface area contributed by atoms with E-state index in [1.54, 1.807) is 0 Å². The van der Waals surface area contributed by atoms with Crippen LogP contribution in [0.25, 0.3) is 0 Å². The molecule has 2 N–H and O–H groups in total. The van der Waals surface area contributed by atoms with Crippen LogP contribution in [-0.4, -0.2) is 26.3 Å². The molecule has 2 atom stereocenters. The lowest BCUT2D eigenvalue weighted by molar-refractivity contribution is 0.174. The first-order chi connectivity index (χ1) is 12.4. The number of hydrogen-bond donors (Lipinski definition) is 2. The number of hydrogen-bond acceptors (Lipinski definition) is 4. The van der Waals surface area contributed by atoms with E-state index < -0.39 is 10.8 Å². The molecule has 0 saturated carbocycles. The van der Waals surface area contributed by atoms with E-state index in [9.17, 15) is 4.21 Å². The van der Waals surface area contributed by atoms with Gasteiger partial charge in [0.05, 0.1) is 0 Å². The van der Waals surface area contributed by atoms with Crippen LogP contribution in [0.3, 0.4) is 0 Å². The molecule has 1 heterocycles. The first kappa shape index (κ1) is 23.2. The molecule has 2 unspecified atom stereocenters. The molecule has 0 aromatic heterocycles. The van der Waals surface area contributed by atoms with Crippen molar-refractivity contribution in [1.82, 2.24) is 0 Å². The minimum absolute atomic E-state index is 0.191. The fourth-order valence-electron chi connectivity index (χ4n) is 2.72. The first-order valence-electron chi connectivity index (χ1n) is 9.18. The molecular weight excluding hydrogens is 386 g/mol. The van der Waals surface area contributed by atoms with Gasteiger partial charge in [-0.15, -0.1) is 12.6 Å². The molecule has 0 amide bonds. The Bertz CT molecular complexity index is 577. The van der Waals surface area contributed by atoms with Crippen LogP contribution < -0.4 is 15.2 Å². The maximum atomic E-state index is 12.3. The standard InChI is InChI=1S/C18H28O3S.CH3NS2/c1-3-4-5-6-7-8-11-22(19)15(2)12-16-9-10-17-18(13-16)21-14-20-17;2-1(3)4/h9-10,13,15H,3-8,11-12,14H2,1-2H3;(H3,2,3,4). The van der Waals surface area contributed by atoms with Gasteiger partial charge in [-0.3, -0.25) is 4.21 Å². The topological polar surface area (TPSA) is 61.5 Å². The Kier molecular flexibility index (Phi) is 12.0. The summed E-state index contributed by atoms with van der Waals surface area (Å²) in [5.74, 6) is 2.45. The van der Waals surface area contributed by atoms with Gasteiger partial charge in [-0.05, 0) is 30.5 Å². The summed E-state index contributed by atoms with van der Waals surface area (Å²) in [6, 6.07) is 6.01. The van der Waals surface area contributed by atoms with Crippen molar-refractivity contribution in [1.29, 1.82) is 0 Å². The number of unbranched alkanes of at least 4 members (excludes halogenated alkanes) is 5.